The Labute approximate surface area is 101 Å². The number of hydrogen-bond acceptors (Lipinski definition) is 3. The molecule has 0 aliphatic carbocycles. The third-order valence-electron chi connectivity index (χ3n) is 3.10. The lowest BCUT2D eigenvalue weighted by molar-refractivity contribution is 0.283. The van der Waals surface area contributed by atoms with Crippen LogP contribution in [0.1, 0.15) is 13.3 Å². The molecule has 0 saturated carbocycles. The molecule has 3 nitrogen and oxygen atoms in total. The largest absolute Gasteiger partial charge is 0.492 e. The lowest BCUT2D eigenvalue weighted by Gasteiger charge is -2.24. The SMILES string of the molecule is CC1(NCCOc2ccc(F)cc2)CCNC1. The van der Waals surface area contributed by atoms with Gasteiger partial charge in [-0.2, -0.15) is 0 Å². The molecule has 1 aromatic rings. The molecule has 1 unspecified atom stereocenters. The van der Waals surface area contributed by atoms with Gasteiger partial charge in [-0.25, -0.2) is 4.39 Å². The number of halogens is 1. The maximum atomic E-state index is 12.7. The van der Waals surface area contributed by atoms with Gasteiger partial charge < -0.3 is 15.4 Å². The Bertz CT molecular complexity index is 347. The van der Waals surface area contributed by atoms with Gasteiger partial charge in [0.25, 0.3) is 0 Å². The van der Waals surface area contributed by atoms with Gasteiger partial charge in [-0.1, -0.05) is 0 Å². The monoisotopic (exact) mass is 238 g/mol. The van der Waals surface area contributed by atoms with E-state index in [1.54, 1.807) is 12.1 Å². The summed E-state index contributed by atoms with van der Waals surface area (Å²) in [5.74, 6) is 0.475. The van der Waals surface area contributed by atoms with Gasteiger partial charge in [0, 0.05) is 18.6 Å². The highest BCUT2D eigenvalue weighted by Gasteiger charge is 2.27. The van der Waals surface area contributed by atoms with Gasteiger partial charge in [0.15, 0.2) is 0 Å². The van der Waals surface area contributed by atoms with E-state index in [0.717, 1.165) is 26.1 Å². The van der Waals surface area contributed by atoms with Gasteiger partial charge in [-0.3, -0.25) is 0 Å². The molecule has 0 radical (unpaired) electrons. The maximum Gasteiger partial charge on any atom is 0.123 e. The predicted molar refractivity (Wildman–Crippen MR) is 65.8 cm³/mol. The molecule has 17 heavy (non-hydrogen) atoms. The van der Waals surface area contributed by atoms with Crippen molar-refractivity contribution >= 4 is 0 Å². The molecule has 2 rings (SSSR count). The van der Waals surface area contributed by atoms with Crippen LogP contribution in [0.2, 0.25) is 0 Å². The molecule has 0 bridgehead atoms. The molecule has 1 atom stereocenters. The first-order valence-electron chi connectivity index (χ1n) is 6.02. The summed E-state index contributed by atoms with van der Waals surface area (Å²) in [6.07, 6.45) is 1.14. The highest BCUT2D eigenvalue weighted by molar-refractivity contribution is 5.21. The van der Waals surface area contributed by atoms with Gasteiger partial charge in [0.05, 0.1) is 0 Å². The van der Waals surface area contributed by atoms with Crippen LogP contribution in [0.3, 0.4) is 0 Å². The van der Waals surface area contributed by atoms with E-state index in [-0.39, 0.29) is 11.4 Å². The van der Waals surface area contributed by atoms with Gasteiger partial charge in [-0.05, 0) is 44.2 Å². The van der Waals surface area contributed by atoms with Crippen molar-refractivity contribution in [3.63, 3.8) is 0 Å². The van der Waals surface area contributed by atoms with Gasteiger partial charge in [0.2, 0.25) is 0 Å². The quantitative estimate of drug-likeness (QED) is 0.764. The molecule has 1 aliphatic rings. The van der Waals surface area contributed by atoms with Crippen molar-refractivity contribution in [3.05, 3.63) is 30.1 Å². The Morgan fingerprint density at radius 3 is 2.82 bits per heavy atom. The predicted octanol–water partition coefficient (Wildman–Crippen LogP) is 1.55. The minimum absolute atomic E-state index is 0.187. The van der Waals surface area contributed by atoms with E-state index in [4.69, 9.17) is 4.74 Å². The molecule has 1 aromatic carbocycles. The fraction of sp³-hybridized carbons (Fsp3) is 0.538. The minimum atomic E-state index is -0.236. The summed E-state index contributed by atoms with van der Waals surface area (Å²) in [5.41, 5.74) is 0.187. The molecular formula is C13H19FN2O. The van der Waals surface area contributed by atoms with Crippen molar-refractivity contribution in [1.29, 1.82) is 0 Å². The molecule has 0 spiro atoms. The number of hydrogen-bond donors (Lipinski definition) is 2. The normalized spacial score (nSPS) is 23.9. The number of rotatable bonds is 5. The summed E-state index contributed by atoms with van der Waals surface area (Å²) < 4.78 is 18.2. The average molecular weight is 238 g/mol. The van der Waals surface area contributed by atoms with E-state index < -0.39 is 0 Å². The molecule has 2 N–H and O–H groups in total. The third-order valence-corrected chi connectivity index (χ3v) is 3.10. The Balaban J connectivity index is 1.67. The first kappa shape index (κ1) is 12.3. The molecule has 1 heterocycles. The highest BCUT2D eigenvalue weighted by Crippen LogP contribution is 2.13. The number of nitrogens with one attached hydrogen (secondary N) is 2. The Morgan fingerprint density at radius 2 is 2.18 bits per heavy atom. The van der Waals surface area contributed by atoms with Crippen molar-refractivity contribution in [3.8, 4) is 5.75 Å². The molecule has 1 fully saturated rings. The van der Waals surface area contributed by atoms with E-state index in [1.165, 1.54) is 12.1 Å². The first-order chi connectivity index (χ1) is 8.18. The van der Waals surface area contributed by atoms with Crippen molar-refractivity contribution in [2.75, 3.05) is 26.2 Å². The van der Waals surface area contributed by atoms with E-state index in [1.807, 2.05) is 0 Å². The molecular weight excluding hydrogens is 219 g/mol. The highest BCUT2D eigenvalue weighted by atomic mass is 19.1. The van der Waals surface area contributed by atoms with Crippen LogP contribution in [0.5, 0.6) is 5.75 Å². The fourth-order valence-corrected chi connectivity index (χ4v) is 2.02. The Hall–Kier alpha value is -1.13. The van der Waals surface area contributed by atoms with Crippen LogP contribution in [0.15, 0.2) is 24.3 Å². The van der Waals surface area contributed by atoms with Gasteiger partial charge in [-0.15, -0.1) is 0 Å². The topological polar surface area (TPSA) is 33.3 Å². The molecule has 0 aromatic heterocycles. The van der Waals surface area contributed by atoms with Crippen LogP contribution in [0.25, 0.3) is 0 Å². The summed E-state index contributed by atoms with van der Waals surface area (Å²) in [7, 11) is 0. The zero-order valence-corrected chi connectivity index (χ0v) is 10.1. The van der Waals surface area contributed by atoms with E-state index in [9.17, 15) is 4.39 Å². The summed E-state index contributed by atoms with van der Waals surface area (Å²) in [6.45, 7) is 5.69. The Kier molecular flexibility index (Phi) is 3.97. The Morgan fingerprint density at radius 1 is 1.41 bits per heavy atom. The summed E-state index contributed by atoms with van der Waals surface area (Å²) in [4.78, 5) is 0. The van der Waals surface area contributed by atoms with Crippen LogP contribution in [-0.4, -0.2) is 31.8 Å². The van der Waals surface area contributed by atoms with Gasteiger partial charge in [0.1, 0.15) is 18.2 Å². The standard InChI is InChI=1S/C13H19FN2O/c1-13(6-7-15-10-13)16-8-9-17-12-4-2-11(14)3-5-12/h2-5,15-16H,6-10H2,1H3. The summed E-state index contributed by atoms with van der Waals surface area (Å²) in [6, 6.07) is 6.11. The second kappa shape index (κ2) is 5.47. The van der Waals surface area contributed by atoms with Crippen molar-refractivity contribution in [2.24, 2.45) is 0 Å². The van der Waals surface area contributed by atoms with Crippen LogP contribution in [0.4, 0.5) is 4.39 Å². The first-order valence-corrected chi connectivity index (χ1v) is 6.02. The zero-order valence-electron chi connectivity index (χ0n) is 10.1. The van der Waals surface area contributed by atoms with Crippen molar-refractivity contribution in [1.82, 2.24) is 10.6 Å². The van der Waals surface area contributed by atoms with E-state index in [2.05, 4.69) is 17.6 Å². The van der Waals surface area contributed by atoms with E-state index >= 15 is 0 Å². The zero-order chi connectivity index (χ0) is 12.1. The molecule has 4 heteroatoms. The van der Waals surface area contributed by atoms with Crippen molar-refractivity contribution in [2.45, 2.75) is 18.9 Å². The third kappa shape index (κ3) is 3.68. The van der Waals surface area contributed by atoms with Gasteiger partial charge >= 0.3 is 0 Å². The number of ether oxygens (including phenoxy) is 1. The smallest absolute Gasteiger partial charge is 0.123 e. The summed E-state index contributed by atoms with van der Waals surface area (Å²) >= 11 is 0. The lowest BCUT2D eigenvalue weighted by Crippen LogP contribution is -2.45. The molecule has 1 aliphatic heterocycles. The fourth-order valence-electron chi connectivity index (χ4n) is 2.02. The van der Waals surface area contributed by atoms with Crippen molar-refractivity contribution < 1.29 is 9.13 Å². The van der Waals surface area contributed by atoms with E-state index in [0.29, 0.717) is 12.4 Å². The molecule has 1 saturated heterocycles. The number of benzene rings is 1. The van der Waals surface area contributed by atoms with Crippen LogP contribution < -0.4 is 15.4 Å². The molecule has 0 amide bonds. The second-order valence-electron chi connectivity index (χ2n) is 4.72. The minimum Gasteiger partial charge on any atom is -0.492 e. The average Bonchev–Trinajstić information content (AvgIpc) is 2.74. The van der Waals surface area contributed by atoms with Crippen LogP contribution >= 0.6 is 0 Å². The second-order valence-corrected chi connectivity index (χ2v) is 4.72. The summed E-state index contributed by atoms with van der Waals surface area (Å²) in [5, 5.41) is 6.81. The molecule has 94 valence electrons. The van der Waals surface area contributed by atoms with Crippen LogP contribution in [0, 0.1) is 5.82 Å². The maximum absolute atomic E-state index is 12.7. The lowest BCUT2D eigenvalue weighted by atomic mass is 10.0. The van der Waals surface area contributed by atoms with Crippen LogP contribution in [-0.2, 0) is 0 Å².